The predicted octanol–water partition coefficient (Wildman–Crippen LogP) is 1.48. The van der Waals surface area contributed by atoms with Crippen molar-refractivity contribution in [2.45, 2.75) is 17.4 Å². The van der Waals surface area contributed by atoms with Crippen molar-refractivity contribution >= 4 is 31.5 Å². The maximum atomic E-state index is 12.8. The van der Waals surface area contributed by atoms with E-state index in [1.165, 1.54) is 42.3 Å². The molecule has 2 heterocycles. The number of anilines is 1. The first-order valence-corrected chi connectivity index (χ1v) is 12.5. The van der Waals surface area contributed by atoms with E-state index in [1.807, 2.05) is 0 Å². The molecular weight excluding hydrogens is 432 g/mol. The summed E-state index contributed by atoms with van der Waals surface area (Å²) < 4.78 is 61.9. The highest BCUT2D eigenvalue weighted by Crippen LogP contribution is 2.34. The maximum Gasteiger partial charge on any atom is 0.261 e. The average Bonchev–Trinajstić information content (AvgIpc) is 3.32. The Morgan fingerprint density at radius 3 is 2.63 bits per heavy atom. The fourth-order valence-corrected chi connectivity index (χ4v) is 6.29. The lowest BCUT2D eigenvalue weighted by atomic mass is 10.1. The van der Waals surface area contributed by atoms with Crippen LogP contribution in [0.3, 0.4) is 0 Å². The van der Waals surface area contributed by atoms with Crippen LogP contribution in [-0.2, 0) is 19.9 Å². The van der Waals surface area contributed by atoms with Crippen LogP contribution in [0.25, 0.3) is 0 Å². The fraction of sp³-hybridized carbons (Fsp3) is 0.316. The van der Waals surface area contributed by atoms with Gasteiger partial charge in [0.15, 0.2) is 21.3 Å². The topological polar surface area (TPSA) is 119 Å². The van der Waals surface area contributed by atoms with Crippen molar-refractivity contribution in [3.05, 3.63) is 48.0 Å². The molecule has 0 aromatic heterocycles. The number of ether oxygens (including phenoxy) is 2. The standard InChI is InChI=1S/C19H20N2O7S2/c1-21(15-7-8-29(23,24)11-15)19(22)13-3-2-4-16(9-13)30(25,26)20-14-5-6-17-18(10-14)28-12-27-17/h2-6,9-10,15,20H,7-8,11-12H2,1H3/t15-/m1/s1. The third-order valence-corrected chi connectivity index (χ3v) is 8.22. The molecule has 0 radical (unpaired) electrons. The molecule has 1 atom stereocenters. The van der Waals surface area contributed by atoms with Crippen molar-refractivity contribution in [1.82, 2.24) is 4.90 Å². The molecule has 0 saturated carbocycles. The maximum absolute atomic E-state index is 12.8. The lowest BCUT2D eigenvalue weighted by Crippen LogP contribution is -2.37. The number of carbonyl (C=O) groups is 1. The summed E-state index contributed by atoms with van der Waals surface area (Å²) in [6.07, 6.45) is 0.369. The molecule has 1 saturated heterocycles. The van der Waals surface area contributed by atoms with Gasteiger partial charge in [0.2, 0.25) is 6.79 Å². The Hall–Kier alpha value is -2.79. The number of nitrogens with zero attached hydrogens (tertiary/aromatic N) is 1. The van der Waals surface area contributed by atoms with Crippen molar-refractivity contribution in [3.63, 3.8) is 0 Å². The largest absolute Gasteiger partial charge is 0.454 e. The van der Waals surface area contributed by atoms with Crippen molar-refractivity contribution in [2.24, 2.45) is 0 Å². The molecule has 0 spiro atoms. The molecule has 2 aromatic rings. The molecule has 0 unspecified atom stereocenters. The molecule has 160 valence electrons. The second-order valence-corrected chi connectivity index (χ2v) is 11.1. The van der Waals surface area contributed by atoms with E-state index in [0.717, 1.165) is 0 Å². The molecule has 0 aliphatic carbocycles. The molecule has 11 heteroatoms. The van der Waals surface area contributed by atoms with Gasteiger partial charge in [-0.2, -0.15) is 0 Å². The number of rotatable bonds is 5. The molecule has 30 heavy (non-hydrogen) atoms. The summed E-state index contributed by atoms with van der Waals surface area (Å²) in [5, 5.41) is 0. The summed E-state index contributed by atoms with van der Waals surface area (Å²) in [6.45, 7) is 0.0749. The highest BCUT2D eigenvalue weighted by atomic mass is 32.2. The SMILES string of the molecule is CN(C(=O)c1cccc(S(=O)(=O)Nc2ccc3c(c2)OCO3)c1)[C@@H]1CCS(=O)(=O)C1. The van der Waals surface area contributed by atoms with E-state index in [9.17, 15) is 21.6 Å². The number of nitrogens with one attached hydrogen (secondary N) is 1. The van der Waals surface area contributed by atoms with Crippen LogP contribution < -0.4 is 14.2 Å². The van der Waals surface area contributed by atoms with Gasteiger partial charge in [-0.25, -0.2) is 16.8 Å². The van der Waals surface area contributed by atoms with Gasteiger partial charge < -0.3 is 14.4 Å². The number of sulfone groups is 1. The van der Waals surface area contributed by atoms with Gasteiger partial charge in [-0.05, 0) is 36.8 Å². The number of amides is 1. The van der Waals surface area contributed by atoms with Gasteiger partial charge in [-0.3, -0.25) is 9.52 Å². The Labute approximate surface area is 174 Å². The summed E-state index contributed by atoms with van der Waals surface area (Å²) in [5.41, 5.74) is 0.458. The van der Waals surface area contributed by atoms with Crippen LogP contribution >= 0.6 is 0 Å². The van der Waals surface area contributed by atoms with Crippen LogP contribution in [0.15, 0.2) is 47.4 Å². The lowest BCUT2D eigenvalue weighted by Gasteiger charge is -2.23. The second-order valence-electron chi connectivity index (χ2n) is 7.17. The van der Waals surface area contributed by atoms with Gasteiger partial charge in [0.25, 0.3) is 15.9 Å². The number of hydrogen-bond acceptors (Lipinski definition) is 7. The minimum Gasteiger partial charge on any atom is -0.454 e. The van der Waals surface area contributed by atoms with Crippen molar-refractivity contribution in [1.29, 1.82) is 0 Å². The quantitative estimate of drug-likeness (QED) is 0.730. The summed E-state index contributed by atoms with van der Waals surface area (Å²) in [7, 11) is -5.58. The van der Waals surface area contributed by atoms with E-state index in [4.69, 9.17) is 9.47 Å². The van der Waals surface area contributed by atoms with E-state index in [1.54, 1.807) is 12.1 Å². The van der Waals surface area contributed by atoms with Crippen molar-refractivity contribution < 1.29 is 31.1 Å². The van der Waals surface area contributed by atoms with Gasteiger partial charge in [-0.1, -0.05) is 6.07 Å². The third kappa shape index (κ3) is 4.08. The van der Waals surface area contributed by atoms with Gasteiger partial charge in [0.05, 0.1) is 22.1 Å². The number of sulfonamides is 1. The Morgan fingerprint density at radius 1 is 1.13 bits per heavy atom. The number of hydrogen-bond donors (Lipinski definition) is 1. The van der Waals surface area contributed by atoms with Crippen LogP contribution in [0.4, 0.5) is 5.69 Å². The van der Waals surface area contributed by atoms with Crippen molar-refractivity contribution in [3.8, 4) is 11.5 Å². The second kappa shape index (κ2) is 7.47. The van der Waals surface area contributed by atoms with Crippen LogP contribution in [0.5, 0.6) is 11.5 Å². The predicted molar refractivity (Wildman–Crippen MR) is 109 cm³/mol. The molecule has 2 aromatic carbocycles. The summed E-state index contributed by atoms with van der Waals surface area (Å²) in [6, 6.07) is 9.88. The first kappa shape index (κ1) is 20.5. The van der Waals surface area contributed by atoms with Crippen LogP contribution in [0.2, 0.25) is 0 Å². The van der Waals surface area contributed by atoms with E-state index >= 15 is 0 Å². The van der Waals surface area contributed by atoms with Gasteiger partial charge >= 0.3 is 0 Å². The molecule has 4 rings (SSSR count). The molecule has 1 amide bonds. The highest BCUT2D eigenvalue weighted by Gasteiger charge is 2.33. The number of benzene rings is 2. The highest BCUT2D eigenvalue weighted by molar-refractivity contribution is 7.92. The van der Waals surface area contributed by atoms with Crippen LogP contribution in [0.1, 0.15) is 16.8 Å². The first-order valence-electron chi connectivity index (χ1n) is 9.15. The molecule has 1 fully saturated rings. The molecule has 2 aliphatic rings. The number of carbonyl (C=O) groups excluding carboxylic acids is 1. The zero-order valence-corrected chi connectivity index (χ0v) is 17.7. The average molecular weight is 453 g/mol. The Morgan fingerprint density at radius 2 is 1.90 bits per heavy atom. The minimum absolute atomic E-state index is 0.0448. The summed E-state index contributed by atoms with van der Waals surface area (Å²) in [5.74, 6) is 0.495. The van der Waals surface area contributed by atoms with Gasteiger partial charge in [-0.15, -0.1) is 0 Å². The lowest BCUT2D eigenvalue weighted by molar-refractivity contribution is 0.0747. The molecule has 9 nitrogen and oxygen atoms in total. The van der Waals surface area contributed by atoms with Crippen molar-refractivity contribution in [2.75, 3.05) is 30.1 Å². The Bertz CT molecular complexity index is 1210. The van der Waals surface area contributed by atoms with Gasteiger partial charge in [0, 0.05) is 24.7 Å². The fourth-order valence-electron chi connectivity index (χ4n) is 3.42. The zero-order chi connectivity index (χ0) is 21.5. The zero-order valence-electron chi connectivity index (χ0n) is 16.1. The normalized spacial score (nSPS) is 19.4. The first-order chi connectivity index (χ1) is 14.1. The van der Waals surface area contributed by atoms with E-state index in [2.05, 4.69) is 4.72 Å². The molecule has 2 aliphatic heterocycles. The van der Waals surface area contributed by atoms with Crippen LogP contribution in [-0.4, -0.2) is 59.0 Å². The van der Waals surface area contributed by atoms with Gasteiger partial charge in [0.1, 0.15) is 0 Å². The molecule has 1 N–H and O–H groups in total. The molecular formula is C19H20N2O7S2. The van der Waals surface area contributed by atoms with E-state index < -0.39 is 31.8 Å². The number of fused-ring (bicyclic) bond motifs is 1. The summed E-state index contributed by atoms with van der Waals surface area (Å²) >= 11 is 0. The smallest absolute Gasteiger partial charge is 0.261 e. The van der Waals surface area contributed by atoms with E-state index in [0.29, 0.717) is 23.6 Å². The molecule has 0 bridgehead atoms. The van der Waals surface area contributed by atoms with Crippen LogP contribution in [0, 0.1) is 0 Å². The monoisotopic (exact) mass is 452 g/mol. The minimum atomic E-state index is -3.96. The third-order valence-electron chi connectivity index (χ3n) is 5.09. The van der Waals surface area contributed by atoms with E-state index in [-0.39, 0.29) is 28.8 Å². The Kier molecular flexibility index (Phi) is 5.10. The summed E-state index contributed by atoms with van der Waals surface area (Å²) in [4.78, 5) is 14.1. The Balaban J connectivity index is 1.54.